The van der Waals surface area contributed by atoms with Crippen LogP contribution in [0.25, 0.3) is 0 Å². The second-order valence-corrected chi connectivity index (χ2v) is 3.85. The van der Waals surface area contributed by atoms with E-state index in [0.29, 0.717) is 0 Å². The highest BCUT2D eigenvalue weighted by Crippen LogP contribution is 2.35. The van der Waals surface area contributed by atoms with Gasteiger partial charge < -0.3 is 4.74 Å². The van der Waals surface area contributed by atoms with Gasteiger partial charge in [-0.3, -0.25) is 0 Å². The highest BCUT2D eigenvalue weighted by atomic mass is 35.5. The topological polar surface area (TPSA) is 50.7 Å². The van der Waals surface area contributed by atoms with Crippen LogP contribution in [0.15, 0.2) is 23.3 Å². The van der Waals surface area contributed by atoms with Crippen molar-refractivity contribution in [3.63, 3.8) is 0 Å². The molecule has 8 heteroatoms. The zero-order valence-corrected chi connectivity index (χ0v) is 9.47. The molecule has 0 spiro atoms. The van der Waals surface area contributed by atoms with Crippen LogP contribution in [0, 0.1) is 0 Å². The second-order valence-electron chi connectivity index (χ2n) is 3.44. The number of ether oxygens (including phenoxy) is 1. The summed E-state index contributed by atoms with van der Waals surface area (Å²) >= 11 is 5.48. The smallest absolute Gasteiger partial charge is 0.428 e. The van der Waals surface area contributed by atoms with Crippen LogP contribution in [0.3, 0.4) is 0 Å². The first-order chi connectivity index (χ1) is 8.38. The summed E-state index contributed by atoms with van der Waals surface area (Å²) < 4.78 is 42.5. The predicted octanol–water partition coefficient (Wildman–Crippen LogP) is 2.80. The lowest BCUT2D eigenvalue weighted by atomic mass is 10.1. The number of hydrogen-bond donors (Lipinski definition) is 1. The van der Waals surface area contributed by atoms with E-state index >= 15 is 0 Å². The van der Waals surface area contributed by atoms with E-state index in [-0.39, 0.29) is 17.9 Å². The highest BCUT2D eigenvalue weighted by molar-refractivity contribution is 6.31. The molecule has 1 aliphatic rings. The summed E-state index contributed by atoms with van der Waals surface area (Å²) in [6.07, 6.45) is -5.30. The number of halogens is 4. The third-order valence-electron chi connectivity index (χ3n) is 2.23. The fourth-order valence-corrected chi connectivity index (χ4v) is 1.61. The van der Waals surface area contributed by atoms with Gasteiger partial charge in [0.15, 0.2) is 0 Å². The number of alkyl halides is 3. The van der Waals surface area contributed by atoms with Gasteiger partial charge in [0.2, 0.25) is 0 Å². The van der Waals surface area contributed by atoms with Gasteiger partial charge in [0.1, 0.15) is 12.3 Å². The van der Waals surface area contributed by atoms with Gasteiger partial charge in [-0.25, -0.2) is 10.2 Å². The molecule has 1 aromatic rings. The van der Waals surface area contributed by atoms with E-state index in [1.165, 1.54) is 6.07 Å². The molecule has 0 aromatic heterocycles. The van der Waals surface area contributed by atoms with Crippen molar-refractivity contribution in [3.05, 3.63) is 34.3 Å². The number of nitrogens with one attached hydrogen (secondary N) is 1. The number of carbonyl (C=O) groups excluding carboxylic acids is 1. The van der Waals surface area contributed by atoms with Crippen LogP contribution in [0.2, 0.25) is 5.02 Å². The van der Waals surface area contributed by atoms with E-state index in [0.717, 1.165) is 12.1 Å². The van der Waals surface area contributed by atoms with Crippen molar-refractivity contribution in [2.24, 2.45) is 5.10 Å². The average Bonchev–Trinajstić information content (AvgIpc) is 2.29. The van der Waals surface area contributed by atoms with Crippen molar-refractivity contribution >= 4 is 23.4 Å². The predicted molar refractivity (Wildman–Crippen MR) is 57.5 cm³/mol. The van der Waals surface area contributed by atoms with E-state index in [1.54, 1.807) is 0 Å². The lowest BCUT2D eigenvalue weighted by Gasteiger charge is -2.15. The van der Waals surface area contributed by atoms with Gasteiger partial charge in [-0.2, -0.15) is 18.3 Å². The van der Waals surface area contributed by atoms with Crippen molar-refractivity contribution in [1.29, 1.82) is 0 Å². The summed E-state index contributed by atoms with van der Waals surface area (Å²) in [5.74, 6) is 0. The number of benzene rings is 1. The monoisotopic (exact) mass is 278 g/mol. The molecule has 1 heterocycles. The zero-order chi connectivity index (χ0) is 13.3. The van der Waals surface area contributed by atoms with Gasteiger partial charge in [0, 0.05) is 5.56 Å². The summed E-state index contributed by atoms with van der Waals surface area (Å²) in [6, 6.07) is 3.36. The first kappa shape index (κ1) is 12.7. The lowest BCUT2D eigenvalue weighted by Crippen LogP contribution is -2.30. The van der Waals surface area contributed by atoms with Gasteiger partial charge in [-0.05, 0) is 12.1 Å². The molecule has 0 bridgehead atoms. The molecule has 0 saturated heterocycles. The highest BCUT2D eigenvalue weighted by Gasteiger charge is 2.33. The number of nitrogens with zero attached hydrogens (tertiary/aromatic N) is 1. The van der Waals surface area contributed by atoms with Crippen LogP contribution in [-0.4, -0.2) is 18.4 Å². The Hall–Kier alpha value is -1.76. The number of carbonyl (C=O) groups is 1. The van der Waals surface area contributed by atoms with E-state index in [2.05, 4.69) is 9.84 Å². The fraction of sp³-hybridized carbons (Fsp3) is 0.200. The molecular formula is C10H6ClF3N2O2. The SMILES string of the molecule is O=C1NN=C(c2ccc(Cl)c(C(F)(F)F)c2)CO1. The van der Waals surface area contributed by atoms with Gasteiger partial charge in [-0.15, -0.1) is 0 Å². The molecule has 1 amide bonds. The number of rotatable bonds is 1. The van der Waals surface area contributed by atoms with Gasteiger partial charge in [0.05, 0.1) is 10.6 Å². The maximum absolute atomic E-state index is 12.6. The number of amides is 1. The molecule has 0 radical (unpaired) electrons. The molecule has 1 aliphatic heterocycles. The van der Waals surface area contributed by atoms with Crippen LogP contribution in [0.4, 0.5) is 18.0 Å². The molecule has 1 N–H and O–H groups in total. The minimum atomic E-state index is -4.55. The van der Waals surface area contributed by atoms with Crippen LogP contribution < -0.4 is 5.43 Å². The Labute approximate surface area is 104 Å². The summed E-state index contributed by atoms with van der Waals surface area (Å²) in [5.41, 5.74) is 1.44. The van der Waals surface area contributed by atoms with E-state index in [1.807, 2.05) is 5.43 Å². The Kier molecular flexibility index (Phi) is 3.16. The van der Waals surface area contributed by atoms with Crippen molar-refractivity contribution in [2.45, 2.75) is 6.18 Å². The molecule has 2 rings (SSSR count). The maximum Gasteiger partial charge on any atom is 0.428 e. The van der Waals surface area contributed by atoms with E-state index in [4.69, 9.17) is 11.6 Å². The van der Waals surface area contributed by atoms with Crippen molar-refractivity contribution in [1.82, 2.24) is 5.43 Å². The van der Waals surface area contributed by atoms with Crippen LogP contribution in [0.5, 0.6) is 0 Å². The molecule has 0 atom stereocenters. The molecule has 0 saturated carbocycles. The second kappa shape index (κ2) is 4.49. The largest absolute Gasteiger partial charge is 0.442 e. The summed E-state index contributed by atoms with van der Waals surface area (Å²) in [4.78, 5) is 10.7. The number of hydrazone groups is 1. The minimum absolute atomic E-state index is 0.187. The first-order valence-electron chi connectivity index (χ1n) is 4.74. The molecule has 4 nitrogen and oxygen atoms in total. The van der Waals surface area contributed by atoms with Crippen LogP contribution in [-0.2, 0) is 10.9 Å². The minimum Gasteiger partial charge on any atom is -0.442 e. The average molecular weight is 279 g/mol. The molecule has 0 aliphatic carbocycles. The third kappa shape index (κ3) is 2.56. The Morgan fingerprint density at radius 2 is 2.11 bits per heavy atom. The van der Waals surface area contributed by atoms with Gasteiger partial charge >= 0.3 is 12.3 Å². The van der Waals surface area contributed by atoms with Gasteiger partial charge in [-0.1, -0.05) is 17.7 Å². The summed E-state index contributed by atoms with van der Waals surface area (Å²) in [7, 11) is 0. The van der Waals surface area contributed by atoms with E-state index in [9.17, 15) is 18.0 Å². The third-order valence-corrected chi connectivity index (χ3v) is 2.56. The lowest BCUT2D eigenvalue weighted by molar-refractivity contribution is -0.137. The van der Waals surface area contributed by atoms with Crippen molar-refractivity contribution in [3.8, 4) is 0 Å². The Morgan fingerprint density at radius 1 is 1.39 bits per heavy atom. The number of cyclic esters (lactones) is 1. The molecule has 96 valence electrons. The number of hydrogen-bond acceptors (Lipinski definition) is 3. The van der Waals surface area contributed by atoms with Crippen molar-refractivity contribution in [2.75, 3.05) is 6.61 Å². The molecule has 18 heavy (non-hydrogen) atoms. The molecular weight excluding hydrogens is 273 g/mol. The van der Waals surface area contributed by atoms with Crippen molar-refractivity contribution < 1.29 is 22.7 Å². The molecule has 1 aromatic carbocycles. The maximum atomic E-state index is 12.6. The quantitative estimate of drug-likeness (QED) is 0.859. The first-order valence-corrected chi connectivity index (χ1v) is 5.12. The van der Waals surface area contributed by atoms with Crippen LogP contribution in [0.1, 0.15) is 11.1 Å². The summed E-state index contributed by atoms with van der Waals surface area (Å²) in [5, 5.41) is 3.22. The van der Waals surface area contributed by atoms with Gasteiger partial charge in [0.25, 0.3) is 0 Å². The van der Waals surface area contributed by atoms with Crippen LogP contribution >= 0.6 is 11.6 Å². The Balaban J connectivity index is 2.39. The normalized spacial score (nSPS) is 15.8. The molecule has 0 fully saturated rings. The zero-order valence-electron chi connectivity index (χ0n) is 8.71. The summed E-state index contributed by atoms with van der Waals surface area (Å²) in [6.45, 7) is -0.190. The van der Waals surface area contributed by atoms with E-state index < -0.39 is 22.9 Å². The fourth-order valence-electron chi connectivity index (χ4n) is 1.38. The molecule has 0 unspecified atom stereocenters. The Morgan fingerprint density at radius 3 is 2.67 bits per heavy atom. The standard InChI is InChI=1S/C10H6ClF3N2O2/c11-7-2-1-5(3-6(7)10(12,13)14)8-4-18-9(17)16-15-8/h1-3H,4H2,(H,16,17). The Bertz CT molecular complexity index is 528.